The number of rotatable bonds is 7. The first kappa shape index (κ1) is 24.3. The molecule has 0 aliphatic rings. The number of alkyl halides is 3. The minimum atomic E-state index is -4.51. The van der Waals surface area contributed by atoms with Crippen molar-refractivity contribution in [3.8, 4) is 22.8 Å². The van der Waals surface area contributed by atoms with Crippen LogP contribution in [0.15, 0.2) is 78.0 Å². The molecule has 10 heteroatoms. The number of anilines is 1. The van der Waals surface area contributed by atoms with Gasteiger partial charge in [-0.25, -0.2) is 0 Å². The highest BCUT2D eigenvalue weighted by molar-refractivity contribution is 7.99. The molecule has 0 radical (unpaired) electrons. The standard InChI is InChI=1S/C25H21F3N4O2S/c1-16-6-3-4-9-21(16)29-22(33)15-35-24-31-30-23(17-10-12-20(34-2)13-11-17)32(24)19-8-5-7-18(14-19)25(26,27)28/h3-14H,15H2,1-2H3,(H,29,33). The summed E-state index contributed by atoms with van der Waals surface area (Å²) >= 11 is 1.08. The molecular weight excluding hydrogens is 477 g/mol. The molecule has 0 bridgehead atoms. The molecule has 6 nitrogen and oxygen atoms in total. The highest BCUT2D eigenvalue weighted by atomic mass is 32.2. The molecule has 0 aliphatic carbocycles. The van der Waals surface area contributed by atoms with E-state index >= 15 is 0 Å². The van der Waals surface area contributed by atoms with Crippen LogP contribution in [0.1, 0.15) is 11.1 Å². The molecule has 0 fully saturated rings. The Kier molecular flexibility index (Phi) is 7.11. The Bertz CT molecular complexity index is 1340. The van der Waals surface area contributed by atoms with Gasteiger partial charge in [0.15, 0.2) is 11.0 Å². The second-order valence-corrected chi connectivity index (χ2v) is 8.51. The van der Waals surface area contributed by atoms with Crippen molar-refractivity contribution in [1.82, 2.24) is 14.8 Å². The summed E-state index contributed by atoms with van der Waals surface area (Å²) in [6, 6.07) is 19.2. The van der Waals surface area contributed by atoms with Gasteiger partial charge < -0.3 is 10.1 Å². The van der Waals surface area contributed by atoms with Gasteiger partial charge in [0.1, 0.15) is 5.75 Å². The number of aromatic nitrogens is 3. The van der Waals surface area contributed by atoms with Crippen LogP contribution >= 0.6 is 11.8 Å². The maximum atomic E-state index is 13.4. The lowest BCUT2D eigenvalue weighted by molar-refractivity contribution is -0.137. The third kappa shape index (κ3) is 5.65. The Hall–Kier alpha value is -3.79. The second kappa shape index (κ2) is 10.2. The summed E-state index contributed by atoms with van der Waals surface area (Å²) in [6.07, 6.45) is -4.51. The van der Waals surface area contributed by atoms with Crippen molar-refractivity contribution in [2.45, 2.75) is 18.3 Å². The van der Waals surface area contributed by atoms with E-state index in [-0.39, 0.29) is 22.5 Å². The molecule has 3 aromatic carbocycles. The van der Waals surface area contributed by atoms with E-state index in [9.17, 15) is 18.0 Å². The van der Waals surface area contributed by atoms with Crippen molar-refractivity contribution in [3.63, 3.8) is 0 Å². The number of hydrogen-bond donors (Lipinski definition) is 1. The van der Waals surface area contributed by atoms with Crippen LogP contribution in [0.25, 0.3) is 17.1 Å². The average molecular weight is 499 g/mol. The summed E-state index contributed by atoms with van der Waals surface area (Å²) in [5.41, 5.74) is 1.68. The summed E-state index contributed by atoms with van der Waals surface area (Å²) in [7, 11) is 1.54. The molecule has 0 atom stereocenters. The van der Waals surface area contributed by atoms with Crippen molar-refractivity contribution < 1.29 is 22.7 Å². The number of aryl methyl sites for hydroxylation is 1. The van der Waals surface area contributed by atoms with Crippen molar-refractivity contribution >= 4 is 23.4 Å². The number of nitrogens with one attached hydrogen (secondary N) is 1. The first-order chi connectivity index (χ1) is 16.8. The zero-order chi connectivity index (χ0) is 25.0. The SMILES string of the molecule is COc1ccc(-c2nnc(SCC(=O)Nc3ccccc3C)n2-c2cccc(C(F)(F)F)c2)cc1. The monoisotopic (exact) mass is 498 g/mol. The molecule has 0 spiro atoms. The van der Waals surface area contributed by atoms with Crippen LogP contribution in [-0.4, -0.2) is 33.5 Å². The Morgan fingerprint density at radius 2 is 1.77 bits per heavy atom. The number of ether oxygens (including phenoxy) is 1. The molecule has 1 aromatic heterocycles. The van der Waals surface area contributed by atoms with Gasteiger partial charge in [-0.1, -0.05) is 36.0 Å². The van der Waals surface area contributed by atoms with Gasteiger partial charge in [0.2, 0.25) is 5.91 Å². The molecule has 1 amide bonds. The minimum Gasteiger partial charge on any atom is -0.497 e. The molecule has 1 N–H and O–H groups in total. The van der Waals surface area contributed by atoms with Crippen molar-refractivity contribution in [3.05, 3.63) is 83.9 Å². The fourth-order valence-corrected chi connectivity index (χ4v) is 4.13. The molecular formula is C25H21F3N4O2S. The van der Waals surface area contributed by atoms with Crippen LogP contribution in [0.2, 0.25) is 0 Å². The summed E-state index contributed by atoms with van der Waals surface area (Å²) in [6.45, 7) is 1.88. The van der Waals surface area contributed by atoms with E-state index in [0.29, 0.717) is 22.8 Å². The van der Waals surface area contributed by atoms with E-state index in [4.69, 9.17) is 4.74 Å². The van der Waals surface area contributed by atoms with E-state index in [1.54, 1.807) is 36.4 Å². The van der Waals surface area contributed by atoms with Crippen molar-refractivity contribution in [2.75, 3.05) is 18.2 Å². The number of para-hydroxylation sites is 1. The first-order valence-electron chi connectivity index (χ1n) is 10.5. The van der Waals surface area contributed by atoms with Crippen LogP contribution in [0.5, 0.6) is 5.75 Å². The predicted octanol–water partition coefficient (Wildman–Crippen LogP) is 6.00. The van der Waals surface area contributed by atoms with Crippen LogP contribution in [0.4, 0.5) is 18.9 Å². The highest BCUT2D eigenvalue weighted by Crippen LogP contribution is 2.33. The van der Waals surface area contributed by atoms with E-state index in [1.807, 2.05) is 25.1 Å². The number of thioether (sulfide) groups is 1. The summed E-state index contributed by atoms with van der Waals surface area (Å²) in [5, 5.41) is 11.5. The third-order valence-electron chi connectivity index (χ3n) is 5.16. The molecule has 1 heterocycles. The predicted molar refractivity (Wildman–Crippen MR) is 129 cm³/mol. The number of methoxy groups -OCH3 is 1. The zero-order valence-electron chi connectivity index (χ0n) is 18.8. The molecule has 0 unspecified atom stereocenters. The van der Waals surface area contributed by atoms with Gasteiger partial charge in [-0.15, -0.1) is 10.2 Å². The highest BCUT2D eigenvalue weighted by Gasteiger charge is 2.31. The number of amides is 1. The quantitative estimate of drug-likeness (QED) is 0.317. The average Bonchev–Trinajstić information content (AvgIpc) is 3.28. The molecule has 4 aromatic rings. The van der Waals surface area contributed by atoms with E-state index in [1.165, 1.54) is 17.7 Å². The van der Waals surface area contributed by atoms with Gasteiger partial charge in [0.25, 0.3) is 0 Å². The summed E-state index contributed by atoms with van der Waals surface area (Å²) < 4.78 is 46.9. The Morgan fingerprint density at radius 3 is 2.46 bits per heavy atom. The van der Waals surface area contributed by atoms with Gasteiger partial charge in [-0.05, 0) is 61.0 Å². The summed E-state index contributed by atoms with van der Waals surface area (Å²) in [5.74, 6) is 0.692. The molecule has 0 aliphatic heterocycles. The Morgan fingerprint density at radius 1 is 1.03 bits per heavy atom. The largest absolute Gasteiger partial charge is 0.497 e. The van der Waals surface area contributed by atoms with Crippen LogP contribution < -0.4 is 10.1 Å². The van der Waals surface area contributed by atoms with Crippen LogP contribution in [0.3, 0.4) is 0 Å². The minimum absolute atomic E-state index is 0.00591. The lowest BCUT2D eigenvalue weighted by Gasteiger charge is -2.13. The lowest BCUT2D eigenvalue weighted by Crippen LogP contribution is -2.15. The number of carbonyl (C=O) groups is 1. The number of carbonyl (C=O) groups excluding carboxylic acids is 1. The number of hydrogen-bond acceptors (Lipinski definition) is 5. The molecule has 0 saturated carbocycles. The maximum absolute atomic E-state index is 13.4. The first-order valence-corrected chi connectivity index (χ1v) is 11.5. The Labute approximate surface area is 204 Å². The van der Waals surface area contributed by atoms with Gasteiger partial charge in [0.05, 0.1) is 24.1 Å². The van der Waals surface area contributed by atoms with E-state index < -0.39 is 11.7 Å². The van der Waals surface area contributed by atoms with E-state index in [0.717, 1.165) is 29.5 Å². The van der Waals surface area contributed by atoms with Crippen LogP contribution in [-0.2, 0) is 11.0 Å². The molecule has 180 valence electrons. The molecule has 35 heavy (non-hydrogen) atoms. The van der Waals surface area contributed by atoms with Crippen molar-refractivity contribution in [1.29, 1.82) is 0 Å². The fraction of sp³-hybridized carbons (Fsp3) is 0.160. The zero-order valence-corrected chi connectivity index (χ0v) is 19.7. The van der Waals surface area contributed by atoms with E-state index in [2.05, 4.69) is 15.5 Å². The number of nitrogens with zero attached hydrogens (tertiary/aromatic N) is 3. The smallest absolute Gasteiger partial charge is 0.416 e. The molecule has 4 rings (SSSR count). The van der Waals surface area contributed by atoms with Crippen molar-refractivity contribution in [2.24, 2.45) is 0 Å². The van der Waals surface area contributed by atoms with Crippen LogP contribution in [0, 0.1) is 6.92 Å². The number of benzene rings is 3. The van der Waals surface area contributed by atoms with Gasteiger partial charge in [-0.3, -0.25) is 9.36 Å². The lowest BCUT2D eigenvalue weighted by atomic mass is 10.1. The molecule has 0 saturated heterocycles. The second-order valence-electron chi connectivity index (χ2n) is 7.57. The van der Waals surface area contributed by atoms with Gasteiger partial charge in [0, 0.05) is 11.3 Å². The van der Waals surface area contributed by atoms with Gasteiger partial charge in [-0.2, -0.15) is 13.2 Å². The van der Waals surface area contributed by atoms with Gasteiger partial charge >= 0.3 is 6.18 Å². The fourth-order valence-electron chi connectivity index (χ4n) is 3.37. The Balaban J connectivity index is 1.67. The topological polar surface area (TPSA) is 69.0 Å². The normalized spacial score (nSPS) is 11.3. The third-order valence-corrected chi connectivity index (χ3v) is 6.09. The maximum Gasteiger partial charge on any atom is 0.416 e. The summed E-state index contributed by atoms with van der Waals surface area (Å²) in [4.78, 5) is 12.6. The number of halogens is 3.